The second-order valence-electron chi connectivity index (χ2n) is 8.08. The summed E-state index contributed by atoms with van der Waals surface area (Å²) in [5.74, 6) is -1.18. The van der Waals surface area contributed by atoms with Crippen molar-refractivity contribution in [2.75, 3.05) is 0 Å². The smallest absolute Gasteiger partial charge is 0.344 e. The number of para-hydroxylation sites is 2. The Bertz CT molecular complexity index is 1650. The third-order valence-electron chi connectivity index (χ3n) is 6.21. The van der Waals surface area contributed by atoms with Crippen molar-refractivity contribution in [1.29, 1.82) is 0 Å². The van der Waals surface area contributed by atoms with Gasteiger partial charge in [0.05, 0.1) is 28.1 Å². The van der Waals surface area contributed by atoms with E-state index in [1.165, 1.54) is 4.68 Å². The molecule has 34 heavy (non-hydrogen) atoms. The number of aromatic nitrogens is 2. The van der Waals surface area contributed by atoms with Crippen LogP contribution >= 0.6 is 11.6 Å². The Kier molecular flexibility index (Phi) is 5.38. The lowest BCUT2D eigenvalue weighted by Crippen LogP contribution is -2.25. The van der Waals surface area contributed by atoms with Crippen LogP contribution in [0.2, 0.25) is 5.02 Å². The van der Waals surface area contributed by atoms with Gasteiger partial charge in [-0.15, -0.1) is 0 Å². The largest absolute Gasteiger partial charge is 0.507 e. The monoisotopic (exact) mass is 472 g/mol. The molecule has 3 aromatic carbocycles. The van der Waals surface area contributed by atoms with Crippen LogP contribution in [-0.2, 0) is 7.05 Å². The molecule has 2 heterocycles. The summed E-state index contributed by atoms with van der Waals surface area (Å²) >= 11 is 6.58. The number of halogens is 1. The number of fused-ring (bicyclic) bond motifs is 1. The molecular weight excluding hydrogens is 452 g/mol. The van der Waals surface area contributed by atoms with Crippen LogP contribution in [0, 0.1) is 6.92 Å². The first-order valence-electron chi connectivity index (χ1n) is 10.7. The summed E-state index contributed by atoms with van der Waals surface area (Å²) < 4.78 is 8.83. The van der Waals surface area contributed by atoms with Gasteiger partial charge in [0.25, 0.3) is 5.56 Å². The van der Waals surface area contributed by atoms with Crippen molar-refractivity contribution in [3.05, 3.63) is 127 Å². The van der Waals surface area contributed by atoms with Gasteiger partial charge in [-0.25, -0.2) is 9.48 Å². The van der Waals surface area contributed by atoms with Gasteiger partial charge < -0.3 is 9.52 Å². The van der Waals surface area contributed by atoms with Crippen LogP contribution < -0.4 is 11.2 Å². The molecule has 0 amide bonds. The maximum absolute atomic E-state index is 13.9. The summed E-state index contributed by atoms with van der Waals surface area (Å²) in [6, 6.07) is 23.0. The molecule has 1 N–H and O–H groups in total. The lowest BCUT2D eigenvalue weighted by Gasteiger charge is -2.19. The van der Waals surface area contributed by atoms with Crippen molar-refractivity contribution >= 4 is 22.6 Å². The maximum Gasteiger partial charge on any atom is 0.344 e. The molecule has 0 spiro atoms. The Hall–Kier alpha value is -4.03. The van der Waals surface area contributed by atoms with E-state index in [9.17, 15) is 14.7 Å². The summed E-state index contributed by atoms with van der Waals surface area (Å²) in [6.45, 7) is 1.81. The van der Waals surface area contributed by atoms with Crippen LogP contribution in [0.5, 0.6) is 5.75 Å². The molecule has 6 nitrogen and oxygen atoms in total. The van der Waals surface area contributed by atoms with Gasteiger partial charge in [-0.3, -0.25) is 9.48 Å². The first kappa shape index (κ1) is 21.8. The Morgan fingerprint density at radius 2 is 1.53 bits per heavy atom. The van der Waals surface area contributed by atoms with Crippen molar-refractivity contribution in [2.24, 2.45) is 7.05 Å². The number of hydrogen-bond donors (Lipinski definition) is 1. The summed E-state index contributed by atoms with van der Waals surface area (Å²) in [6.07, 6.45) is 0. The fraction of sp³-hybridized carbons (Fsp3) is 0.111. The minimum atomic E-state index is -0.946. The second kappa shape index (κ2) is 8.39. The molecule has 2 aromatic heterocycles. The summed E-state index contributed by atoms with van der Waals surface area (Å²) in [5.41, 5.74) is 1.35. The molecular formula is C27H21ClN2O4. The van der Waals surface area contributed by atoms with Gasteiger partial charge in [-0.05, 0) is 42.8 Å². The zero-order chi connectivity index (χ0) is 24.0. The van der Waals surface area contributed by atoms with Crippen LogP contribution in [-0.4, -0.2) is 14.5 Å². The molecule has 7 heteroatoms. The van der Waals surface area contributed by atoms with E-state index in [-0.39, 0.29) is 22.5 Å². The van der Waals surface area contributed by atoms with Crippen LogP contribution in [0.25, 0.3) is 16.7 Å². The van der Waals surface area contributed by atoms with Gasteiger partial charge >= 0.3 is 5.63 Å². The number of nitrogens with zero attached hydrogens (tertiary/aromatic N) is 2. The Morgan fingerprint density at radius 1 is 0.882 bits per heavy atom. The zero-order valence-corrected chi connectivity index (χ0v) is 19.3. The predicted molar refractivity (Wildman–Crippen MR) is 132 cm³/mol. The molecule has 0 bridgehead atoms. The van der Waals surface area contributed by atoms with E-state index >= 15 is 0 Å². The normalized spacial score (nSPS) is 12.2. The zero-order valence-electron chi connectivity index (χ0n) is 18.5. The Balaban J connectivity index is 1.89. The molecule has 0 saturated carbocycles. The molecule has 1 unspecified atom stereocenters. The highest BCUT2D eigenvalue weighted by molar-refractivity contribution is 6.31. The second-order valence-corrected chi connectivity index (χ2v) is 8.48. The molecule has 0 radical (unpaired) electrons. The van der Waals surface area contributed by atoms with E-state index in [0.717, 1.165) is 0 Å². The average Bonchev–Trinajstić information content (AvgIpc) is 3.06. The molecule has 5 rings (SSSR count). The van der Waals surface area contributed by atoms with Gasteiger partial charge in [0.15, 0.2) is 0 Å². The molecule has 0 aliphatic heterocycles. The molecule has 5 aromatic rings. The third kappa shape index (κ3) is 3.35. The van der Waals surface area contributed by atoms with Crippen molar-refractivity contribution < 1.29 is 9.52 Å². The fourth-order valence-corrected chi connectivity index (χ4v) is 4.73. The lowest BCUT2D eigenvalue weighted by molar-refractivity contribution is 0.455. The topological polar surface area (TPSA) is 77.4 Å². The van der Waals surface area contributed by atoms with Crippen LogP contribution in [0.3, 0.4) is 0 Å². The van der Waals surface area contributed by atoms with E-state index in [1.54, 1.807) is 67.2 Å². The molecule has 170 valence electrons. The summed E-state index contributed by atoms with van der Waals surface area (Å²) in [5, 5.41) is 12.0. The Morgan fingerprint density at radius 3 is 2.26 bits per heavy atom. The van der Waals surface area contributed by atoms with Gasteiger partial charge in [0.2, 0.25) is 0 Å². The fourth-order valence-electron chi connectivity index (χ4n) is 4.49. The van der Waals surface area contributed by atoms with E-state index in [2.05, 4.69) is 0 Å². The average molecular weight is 473 g/mol. The van der Waals surface area contributed by atoms with E-state index in [0.29, 0.717) is 32.9 Å². The SMILES string of the molecule is Cc1c(C(c2ccccc2Cl)c2c(O)c3ccccc3oc2=O)c(=O)n(-c2ccccc2)n1C. The molecule has 0 aliphatic rings. The van der Waals surface area contributed by atoms with E-state index < -0.39 is 11.5 Å². The predicted octanol–water partition coefficient (Wildman–Crippen LogP) is 5.13. The highest BCUT2D eigenvalue weighted by Crippen LogP contribution is 2.40. The van der Waals surface area contributed by atoms with Gasteiger partial charge in [-0.1, -0.05) is 60.1 Å². The quantitative estimate of drug-likeness (QED) is 0.368. The number of benzene rings is 3. The number of aromatic hydroxyl groups is 1. The highest BCUT2D eigenvalue weighted by Gasteiger charge is 2.33. The molecule has 0 saturated heterocycles. The van der Waals surface area contributed by atoms with Crippen LogP contribution in [0.1, 0.15) is 28.3 Å². The molecule has 0 fully saturated rings. The maximum atomic E-state index is 13.9. The van der Waals surface area contributed by atoms with Gasteiger partial charge in [0.1, 0.15) is 11.3 Å². The third-order valence-corrected chi connectivity index (χ3v) is 6.56. The number of rotatable bonds is 4. The van der Waals surface area contributed by atoms with Crippen LogP contribution in [0.4, 0.5) is 0 Å². The first-order chi connectivity index (χ1) is 16.4. The molecule has 1 atom stereocenters. The van der Waals surface area contributed by atoms with Crippen molar-refractivity contribution in [2.45, 2.75) is 12.8 Å². The standard InChI is InChI=1S/C27H21ClN2O4/c1-16-22(26(32)30(29(16)2)17-10-4-3-5-11-17)23(18-12-6-8-14-20(18)28)24-25(31)19-13-7-9-15-21(19)34-27(24)33/h3-15,23,31H,1-2H3. The van der Waals surface area contributed by atoms with Crippen molar-refractivity contribution in [3.63, 3.8) is 0 Å². The number of hydrogen-bond acceptors (Lipinski definition) is 4. The van der Waals surface area contributed by atoms with E-state index in [1.807, 2.05) is 30.3 Å². The highest BCUT2D eigenvalue weighted by atomic mass is 35.5. The molecule has 0 aliphatic carbocycles. The lowest BCUT2D eigenvalue weighted by atomic mass is 9.85. The first-order valence-corrected chi connectivity index (χ1v) is 11.1. The summed E-state index contributed by atoms with van der Waals surface area (Å²) in [7, 11) is 1.78. The summed E-state index contributed by atoms with van der Waals surface area (Å²) in [4.78, 5) is 27.1. The van der Waals surface area contributed by atoms with Gasteiger partial charge in [-0.2, -0.15) is 0 Å². The van der Waals surface area contributed by atoms with E-state index in [4.69, 9.17) is 16.0 Å². The van der Waals surface area contributed by atoms with Crippen molar-refractivity contribution in [3.8, 4) is 11.4 Å². The minimum Gasteiger partial charge on any atom is -0.507 e. The van der Waals surface area contributed by atoms with Crippen molar-refractivity contribution in [1.82, 2.24) is 9.36 Å². The minimum absolute atomic E-state index is 0.0298. The Labute approximate surface area is 199 Å². The van der Waals surface area contributed by atoms with Gasteiger partial charge in [0, 0.05) is 17.8 Å². The van der Waals surface area contributed by atoms with Crippen LogP contribution in [0.15, 0.2) is 92.9 Å².